The SMILES string of the molecule is O=S(=O)(O)C(F)(F)C(F)(F)C(F)(F)C(F)(F)F.[Zn]. The molecular formula is C4HF9O3SZn. The Morgan fingerprint density at radius 3 is 1.17 bits per heavy atom. The maximum Gasteiger partial charge on any atom is 0.460 e. The van der Waals surface area contributed by atoms with Gasteiger partial charge >= 0.3 is 33.4 Å². The van der Waals surface area contributed by atoms with Crippen LogP contribution in [-0.2, 0) is 29.6 Å². The molecule has 14 heteroatoms. The van der Waals surface area contributed by atoms with Crippen LogP contribution in [0.5, 0.6) is 0 Å². The number of rotatable bonds is 3. The maximum atomic E-state index is 12.2. The van der Waals surface area contributed by atoms with Crippen molar-refractivity contribution in [1.82, 2.24) is 0 Å². The molecule has 0 aromatic heterocycles. The standard InChI is InChI=1S/C4HF9O3S.Zn/c5-1(6,3(9,10)11)2(7,8)4(12,13)17(14,15)16;/h(H,14,15,16);. The van der Waals surface area contributed by atoms with Crippen molar-refractivity contribution in [3.63, 3.8) is 0 Å². The fourth-order valence-electron chi connectivity index (χ4n) is 0.523. The molecule has 18 heavy (non-hydrogen) atoms. The summed E-state index contributed by atoms with van der Waals surface area (Å²) in [5.41, 5.74) is 0. The number of halogens is 9. The molecule has 0 aromatic carbocycles. The number of hydrogen-bond acceptors (Lipinski definition) is 2. The van der Waals surface area contributed by atoms with E-state index in [1.54, 1.807) is 0 Å². The second-order valence-corrected chi connectivity index (χ2v) is 4.10. The van der Waals surface area contributed by atoms with Gasteiger partial charge in [0.2, 0.25) is 0 Å². The molecule has 0 radical (unpaired) electrons. The predicted molar refractivity (Wildman–Crippen MR) is 32.4 cm³/mol. The summed E-state index contributed by atoms with van der Waals surface area (Å²) >= 11 is 0. The average Bonchev–Trinajstić information content (AvgIpc) is 1.98. The molecule has 0 aliphatic rings. The van der Waals surface area contributed by atoms with E-state index in [-0.39, 0.29) is 19.5 Å². The molecule has 1 N–H and O–H groups in total. The van der Waals surface area contributed by atoms with Crippen molar-refractivity contribution in [3.8, 4) is 0 Å². The molecule has 0 aliphatic carbocycles. The zero-order chi connectivity index (χ0) is 14.5. The molecule has 0 aromatic rings. The largest absolute Gasteiger partial charge is 0.460 e. The molecule has 3 nitrogen and oxygen atoms in total. The van der Waals surface area contributed by atoms with E-state index in [2.05, 4.69) is 0 Å². The summed E-state index contributed by atoms with van der Waals surface area (Å²) in [5, 5.41) is -7.00. The van der Waals surface area contributed by atoms with Gasteiger partial charge in [-0.05, 0) is 0 Å². The molecular weight excluding hydrogens is 364 g/mol. The van der Waals surface area contributed by atoms with Gasteiger partial charge in [0.25, 0.3) is 0 Å². The monoisotopic (exact) mass is 364 g/mol. The molecule has 0 bridgehead atoms. The van der Waals surface area contributed by atoms with Crippen LogP contribution >= 0.6 is 0 Å². The Bertz CT molecular complexity index is 399. The van der Waals surface area contributed by atoms with E-state index in [1.165, 1.54) is 0 Å². The van der Waals surface area contributed by atoms with Gasteiger partial charge in [0.05, 0.1) is 0 Å². The first-order chi connectivity index (χ1) is 7.00. The van der Waals surface area contributed by atoms with Crippen molar-refractivity contribution in [2.45, 2.75) is 23.3 Å². The van der Waals surface area contributed by atoms with Gasteiger partial charge in [0.15, 0.2) is 0 Å². The van der Waals surface area contributed by atoms with Crippen molar-refractivity contribution < 1.29 is 72.0 Å². The molecule has 0 saturated carbocycles. The Labute approximate surface area is 106 Å². The van der Waals surface area contributed by atoms with Crippen LogP contribution in [0.15, 0.2) is 0 Å². The Kier molecular flexibility index (Phi) is 5.37. The maximum absolute atomic E-state index is 12.2. The Balaban J connectivity index is 0. The van der Waals surface area contributed by atoms with Crippen LogP contribution in [0.3, 0.4) is 0 Å². The number of hydrogen-bond donors (Lipinski definition) is 1. The van der Waals surface area contributed by atoms with Crippen LogP contribution in [-0.4, -0.2) is 36.2 Å². The average molecular weight is 365 g/mol. The third-order valence-electron chi connectivity index (χ3n) is 1.44. The van der Waals surface area contributed by atoms with Gasteiger partial charge in [0, 0.05) is 19.5 Å². The van der Waals surface area contributed by atoms with E-state index < -0.39 is 33.4 Å². The molecule has 0 saturated heterocycles. The van der Waals surface area contributed by atoms with E-state index >= 15 is 0 Å². The van der Waals surface area contributed by atoms with Gasteiger partial charge in [-0.3, -0.25) is 4.55 Å². The topological polar surface area (TPSA) is 54.4 Å². The zero-order valence-electron chi connectivity index (χ0n) is 7.78. The van der Waals surface area contributed by atoms with E-state index in [1.807, 2.05) is 0 Å². The summed E-state index contributed by atoms with van der Waals surface area (Å²) in [6, 6.07) is 0. The molecule has 106 valence electrons. The first-order valence-electron chi connectivity index (χ1n) is 3.17. The van der Waals surface area contributed by atoms with Crippen LogP contribution in [0, 0.1) is 0 Å². The molecule has 0 fully saturated rings. The Morgan fingerprint density at radius 2 is 1.00 bits per heavy atom. The zero-order valence-corrected chi connectivity index (χ0v) is 11.6. The van der Waals surface area contributed by atoms with Crippen LogP contribution in [0.4, 0.5) is 39.5 Å². The van der Waals surface area contributed by atoms with Gasteiger partial charge in [-0.25, -0.2) is 0 Å². The van der Waals surface area contributed by atoms with Gasteiger partial charge in [0.1, 0.15) is 0 Å². The minimum absolute atomic E-state index is 0. The minimum atomic E-state index is -7.37. The molecule has 0 aliphatic heterocycles. The number of alkyl halides is 9. The van der Waals surface area contributed by atoms with Gasteiger partial charge in [-0.1, -0.05) is 0 Å². The quantitative estimate of drug-likeness (QED) is 0.474. The fourth-order valence-corrected chi connectivity index (χ4v) is 0.975. The molecule has 0 unspecified atom stereocenters. The minimum Gasteiger partial charge on any atom is -0.281 e. The van der Waals surface area contributed by atoms with Gasteiger partial charge < -0.3 is 0 Å². The fraction of sp³-hybridized carbons (Fsp3) is 1.00. The van der Waals surface area contributed by atoms with Crippen LogP contribution in [0.2, 0.25) is 0 Å². The van der Waals surface area contributed by atoms with Crippen LogP contribution in [0.1, 0.15) is 0 Å². The second kappa shape index (κ2) is 4.78. The third-order valence-corrected chi connectivity index (χ3v) is 2.34. The predicted octanol–water partition coefficient (Wildman–Crippen LogP) is 2.30. The van der Waals surface area contributed by atoms with Crippen LogP contribution < -0.4 is 0 Å². The second-order valence-electron chi connectivity index (χ2n) is 2.64. The Morgan fingerprint density at radius 1 is 0.722 bits per heavy atom. The van der Waals surface area contributed by atoms with E-state index in [0.717, 1.165) is 0 Å². The van der Waals surface area contributed by atoms with Gasteiger partial charge in [-0.15, -0.1) is 0 Å². The first-order valence-corrected chi connectivity index (χ1v) is 4.61. The van der Waals surface area contributed by atoms with Crippen molar-refractivity contribution in [2.75, 3.05) is 0 Å². The van der Waals surface area contributed by atoms with Crippen molar-refractivity contribution in [2.24, 2.45) is 0 Å². The Hall–Kier alpha value is -0.0966. The molecule has 0 atom stereocenters. The van der Waals surface area contributed by atoms with Crippen molar-refractivity contribution >= 4 is 10.1 Å². The molecule has 0 heterocycles. The summed E-state index contributed by atoms with van der Waals surface area (Å²) in [4.78, 5) is 0. The van der Waals surface area contributed by atoms with Crippen LogP contribution in [0.25, 0.3) is 0 Å². The normalized spacial score (nSPS) is 15.2. The van der Waals surface area contributed by atoms with E-state index in [9.17, 15) is 47.9 Å². The van der Waals surface area contributed by atoms with E-state index in [4.69, 9.17) is 4.55 Å². The van der Waals surface area contributed by atoms with E-state index in [0.29, 0.717) is 0 Å². The van der Waals surface area contributed by atoms with Crippen molar-refractivity contribution in [1.29, 1.82) is 0 Å². The summed E-state index contributed by atoms with van der Waals surface area (Å²) in [7, 11) is -7.17. The molecule has 0 spiro atoms. The van der Waals surface area contributed by atoms with Gasteiger partial charge in [-0.2, -0.15) is 47.9 Å². The smallest absolute Gasteiger partial charge is 0.281 e. The summed E-state index contributed by atoms with van der Waals surface area (Å²) in [5.74, 6) is -14.7. The molecule has 0 amide bonds. The summed E-state index contributed by atoms with van der Waals surface area (Å²) in [6.07, 6.45) is -7.13. The third kappa shape index (κ3) is 2.74. The summed E-state index contributed by atoms with van der Waals surface area (Å²) in [6.45, 7) is 0. The van der Waals surface area contributed by atoms with Crippen molar-refractivity contribution in [3.05, 3.63) is 0 Å². The summed E-state index contributed by atoms with van der Waals surface area (Å²) < 4.78 is 134. The first kappa shape index (κ1) is 20.2. The molecule has 0 rings (SSSR count).